The van der Waals surface area contributed by atoms with Crippen molar-refractivity contribution in [3.63, 3.8) is 0 Å². The van der Waals surface area contributed by atoms with Crippen LogP contribution in [0.15, 0.2) is 24.7 Å². The first-order valence-corrected chi connectivity index (χ1v) is 7.74. The molecule has 1 aliphatic heterocycles. The number of rotatable bonds is 3. The number of hydrogen-bond acceptors (Lipinski definition) is 6. The van der Waals surface area contributed by atoms with Gasteiger partial charge in [0, 0.05) is 39.4 Å². The Balaban J connectivity index is 1.72. The smallest absolute Gasteiger partial charge is 0.157 e. The Morgan fingerprint density at radius 3 is 2.36 bits per heavy atom. The molecule has 0 unspecified atom stereocenters. The van der Waals surface area contributed by atoms with E-state index in [9.17, 15) is 0 Å². The number of hydrogen-bond donors (Lipinski definition) is 1. The van der Waals surface area contributed by atoms with E-state index >= 15 is 0 Å². The molecule has 0 aliphatic carbocycles. The van der Waals surface area contributed by atoms with Crippen molar-refractivity contribution < 1.29 is 0 Å². The number of pyridine rings is 1. The lowest BCUT2D eigenvalue weighted by molar-refractivity contribution is 0.641. The average Bonchev–Trinajstić information content (AvgIpc) is 2.55. The zero-order chi connectivity index (χ0) is 15.5. The minimum atomic E-state index is 0.439. The van der Waals surface area contributed by atoms with Crippen LogP contribution in [0.2, 0.25) is 10.2 Å². The van der Waals surface area contributed by atoms with Gasteiger partial charge >= 0.3 is 0 Å². The number of piperazine rings is 1. The van der Waals surface area contributed by atoms with E-state index in [0.717, 1.165) is 43.5 Å². The summed E-state index contributed by atoms with van der Waals surface area (Å²) >= 11 is 12.0. The molecule has 1 fully saturated rings. The highest BCUT2D eigenvalue weighted by Crippen LogP contribution is 2.29. The summed E-state index contributed by atoms with van der Waals surface area (Å²) in [6, 6.07) is 3.80. The third-order valence-electron chi connectivity index (χ3n) is 3.65. The van der Waals surface area contributed by atoms with E-state index in [4.69, 9.17) is 23.2 Å². The highest BCUT2D eigenvalue weighted by molar-refractivity contribution is 6.32. The number of anilines is 3. The molecule has 0 atom stereocenters. The molecule has 0 saturated carbocycles. The summed E-state index contributed by atoms with van der Waals surface area (Å²) in [6.07, 6.45) is 3.16. The quantitative estimate of drug-likeness (QED) is 0.868. The SMILES string of the molecule is CNc1c(Cl)ncnc1N1CCN(c2ccc(Cl)cn2)CC1. The van der Waals surface area contributed by atoms with Crippen molar-refractivity contribution in [1.29, 1.82) is 0 Å². The van der Waals surface area contributed by atoms with Crippen molar-refractivity contribution in [3.05, 3.63) is 34.8 Å². The van der Waals surface area contributed by atoms with Crippen LogP contribution in [0.3, 0.4) is 0 Å². The summed E-state index contributed by atoms with van der Waals surface area (Å²) in [7, 11) is 1.82. The highest BCUT2D eigenvalue weighted by Gasteiger charge is 2.22. The monoisotopic (exact) mass is 338 g/mol. The van der Waals surface area contributed by atoms with Gasteiger partial charge in [-0.05, 0) is 12.1 Å². The summed E-state index contributed by atoms with van der Waals surface area (Å²) in [5.74, 6) is 1.78. The average molecular weight is 339 g/mol. The first-order valence-electron chi connectivity index (χ1n) is 6.98. The Labute approximate surface area is 139 Å². The van der Waals surface area contributed by atoms with Crippen molar-refractivity contribution in [2.75, 3.05) is 48.3 Å². The molecule has 1 aliphatic rings. The maximum absolute atomic E-state index is 6.11. The molecule has 22 heavy (non-hydrogen) atoms. The largest absolute Gasteiger partial charge is 0.383 e. The zero-order valence-corrected chi connectivity index (χ0v) is 13.6. The first kappa shape index (κ1) is 15.1. The predicted molar refractivity (Wildman–Crippen MR) is 90.3 cm³/mol. The van der Waals surface area contributed by atoms with Gasteiger partial charge in [0.1, 0.15) is 17.8 Å². The van der Waals surface area contributed by atoms with Gasteiger partial charge in [-0.15, -0.1) is 0 Å². The molecule has 1 N–H and O–H groups in total. The fraction of sp³-hybridized carbons (Fsp3) is 0.357. The third kappa shape index (κ3) is 3.03. The minimum Gasteiger partial charge on any atom is -0.383 e. The minimum absolute atomic E-state index is 0.439. The van der Waals surface area contributed by atoms with Crippen molar-refractivity contribution >= 4 is 40.5 Å². The Hall–Kier alpha value is -1.79. The van der Waals surface area contributed by atoms with E-state index in [2.05, 4.69) is 30.1 Å². The Bertz CT molecular complexity index is 640. The molecule has 3 heterocycles. The lowest BCUT2D eigenvalue weighted by atomic mass is 10.3. The standard InChI is InChI=1S/C14H16Cl2N6/c1-17-12-13(16)19-9-20-14(12)22-6-4-21(5-7-22)11-3-2-10(15)8-18-11/h2-3,8-9,17H,4-7H2,1H3. The van der Waals surface area contributed by atoms with Crippen LogP contribution >= 0.6 is 23.2 Å². The van der Waals surface area contributed by atoms with Gasteiger partial charge in [0.2, 0.25) is 0 Å². The molecule has 0 radical (unpaired) electrons. The van der Waals surface area contributed by atoms with Crippen molar-refractivity contribution in [2.24, 2.45) is 0 Å². The van der Waals surface area contributed by atoms with E-state index in [-0.39, 0.29) is 0 Å². The molecule has 0 amide bonds. The van der Waals surface area contributed by atoms with Crippen LogP contribution in [-0.4, -0.2) is 48.2 Å². The van der Waals surface area contributed by atoms with E-state index in [0.29, 0.717) is 10.2 Å². The van der Waals surface area contributed by atoms with Crippen LogP contribution in [-0.2, 0) is 0 Å². The molecular weight excluding hydrogens is 323 g/mol. The fourth-order valence-electron chi connectivity index (χ4n) is 2.51. The van der Waals surface area contributed by atoms with Gasteiger partial charge in [0.15, 0.2) is 11.0 Å². The highest BCUT2D eigenvalue weighted by atomic mass is 35.5. The number of nitrogens with zero attached hydrogens (tertiary/aromatic N) is 5. The van der Waals surface area contributed by atoms with Crippen molar-refractivity contribution in [3.8, 4) is 0 Å². The summed E-state index contributed by atoms with van der Waals surface area (Å²) < 4.78 is 0. The van der Waals surface area contributed by atoms with Crippen LogP contribution in [0.25, 0.3) is 0 Å². The zero-order valence-electron chi connectivity index (χ0n) is 12.1. The molecule has 3 rings (SSSR count). The number of aromatic nitrogens is 3. The summed E-state index contributed by atoms with van der Waals surface area (Å²) in [6.45, 7) is 3.40. The molecule has 6 nitrogen and oxygen atoms in total. The van der Waals surface area contributed by atoms with Gasteiger partial charge in [-0.3, -0.25) is 0 Å². The van der Waals surface area contributed by atoms with E-state index in [1.807, 2.05) is 19.2 Å². The van der Waals surface area contributed by atoms with E-state index < -0.39 is 0 Å². The Morgan fingerprint density at radius 1 is 1.00 bits per heavy atom. The molecule has 2 aromatic heterocycles. The maximum atomic E-state index is 6.11. The summed E-state index contributed by atoms with van der Waals surface area (Å²) in [5.41, 5.74) is 0.766. The molecule has 0 aromatic carbocycles. The normalized spacial score (nSPS) is 15.0. The lowest BCUT2D eigenvalue weighted by Crippen LogP contribution is -2.47. The molecule has 116 valence electrons. The van der Waals surface area contributed by atoms with Crippen LogP contribution in [0, 0.1) is 0 Å². The summed E-state index contributed by atoms with van der Waals surface area (Å²) in [5, 5.41) is 4.16. The summed E-state index contributed by atoms with van der Waals surface area (Å²) in [4.78, 5) is 17.2. The van der Waals surface area contributed by atoms with Crippen molar-refractivity contribution in [2.45, 2.75) is 0 Å². The predicted octanol–water partition coefficient (Wildman–Crippen LogP) is 2.55. The topological polar surface area (TPSA) is 57.2 Å². The molecular formula is C14H16Cl2N6. The molecule has 1 saturated heterocycles. The second kappa shape index (κ2) is 6.54. The van der Waals surface area contributed by atoms with Gasteiger partial charge in [-0.25, -0.2) is 15.0 Å². The van der Waals surface area contributed by atoms with Gasteiger partial charge in [-0.1, -0.05) is 23.2 Å². The van der Waals surface area contributed by atoms with Crippen LogP contribution in [0.5, 0.6) is 0 Å². The number of nitrogens with one attached hydrogen (secondary N) is 1. The molecule has 8 heteroatoms. The maximum Gasteiger partial charge on any atom is 0.157 e. The number of halogens is 2. The van der Waals surface area contributed by atoms with E-state index in [1.165, 1.54) is 6.33 Å². The van der Waals surface area contributed by atoms with Crippen LogP contribution in [0.1, 0.15) is 0 Å². The van der Waals surface area contributed by atoms with Crippen molar-refractivity contribution in [1.82, 2.24) is 15.0 Å². The van der Waals surface area contributed by atoms with E-state index in [1.54, 1.807) is 6.20 Å². The van der Waals surface area contributed by atoms with Gasteiger partial charge in [0.25, 0.3) is 0 Å². The second-order valence-electron chi connectivity index (χ2n) is 4.92. The van der Waals surface area contributed by atoms with Gasteiger partial charge < -0.3 is 15.1 Å². The molecule has 0 spiro atoms. The van der Waals surface area contributed by atoms with Crippen LogP contribution in [0.4, 0.5) is 17.3 Å². The van der Waals surface area contributed by atoms with Crippen LogP contribution < -0.4 is 15.1 Å². The molecule has 2 aromatic rings. The lowest BCUT2D eigenvalue weighted by Gasteiger charge is -2.36. The Kier molecular flexibility index (Phi) is 4.49. The van der Waals surface area contributed by atoms with Gasteiger partial charge in [0.05, 0.1) is 5.02 Å². The second-order valence-corrected chi connectivity index (χ2v) is 5.72. The van der Waals surface area contributed by atoms with Gasteiger partial charge in [-0.2, -0.15) is 0 Å². The first-order chi connectivity index (χ1) is 10.7. The Morgan fingerprint density at radius 2 is 1.73 bits per heavy atom. The third-order valence-corrected chi connectivity index (χ3v) is 4.16. The fourth-order valence-corrected chi connectivity index (χ4v) is 2.85. The molecule has 0 bridgehead atoms.